The molecule has 3 N–H and O–H groups in total. The van der Waals surface area contributed by atoms with Crippen LogP contribution >= 0.6 is 0 Å². The molecule has 138 valence electrons. The molecule has 1 aromatic heterocycles. The first-order chi connectivity index (χ1) is 12.6. The maximum absolute atomic E-state index is 12.3. The summed E-state index contributed by atoms with van der Waals surface area (Å²) in [5.74, 6) is 0.620. The van der Waals surface area contributed by atoms with Crippen molar-refractivity contribution >= 4 is 23.2 Å². The summed E-state index contributed by atoms with van der Waals surface area (Å²) in [4.78, 5) is 28.3. The normalized spacial score (nSPS) is 14.9. The van der Waals surface area contributed by atoms with Gasteiger partial charge in [-0.15, -0.1) is 0 Å². The second-order valence-corrected chi connectivity index (χ2v) is 6.05. The number of nitrogens with zero attached hydrogens (tertiary/aromatic N) is 2. The number of piperazine rings is 1. The lowest BCUT2D eigenvalue weighted by molar-refractivity contribution is -0.117. The Morgan fingerprint density at radius 1 is 1.23 bits per heavy atom. The molecular formula is C18H22N4O4. The van der Waals surface area contributed by atoms with Gasteiger partial charge in [0.05, 0.1) is 25.6 Å². The number of ether oxygens (including phenoxy) is 1. The van der Waals surface area contributed by atoms with Gasteiger partial charge in [-0.2, -0.15) is 0 Å². The van der Waals surface area contributed by atoms with E-state index in [1.165, 1.54) is 13.4 Å². The number of hydrogen-bond donors (Lipinski definition) is 2. The summed E-state index contributed by atoms with van der Waals surface area (Å²) in [7, 11) is 1.54. The molecule has 2 heterocycles. The molecule has 1 fully saturated rings. The molecule has 2 aromatic rings. The predicted molar refractivity (Wildman–Crippen MR) is 97.1 cm³/mol. The molecule has 26 heavy (non-hydrogen) atoms. The third-order valence-electron chi connectivity index (χ3n) is 4.26. The van der Waals surface area contributed by atoms with E-state index in [0.29, 0.717) is 49.1 Å². The number of nitrogen functional groups attached to an aromatic ring is 1. The zero-order valence-electron chi connectivity index (χ0n) is 14.6. The smallest absolute Gasteiger partial charge is 0.289 e. The van der Waals surface area contributed by atoms with Crippen molar-refractivity contribution in [3.63, 3.8) is 0 Å². The van der Waals surface area contributed by atoms with E-state index in [0.717, 1.165) is 0 Å². The van der Waals surface area contributed by atoms with Crippen molar-refractivity contribution in [1.82, 2.24) is 9.80 Å². The highest BCUT2D eigenvalue weighted by molar-refractivity contribution is 5.94. The number of methoxy groups -OCH3 is 1. The standard InChI is InChI=1S/C18H22N4O4/c1-25-15-5-4-13(19)11-14(15)20-17(23)12-21-6-8-22(9-7-21)18(24)16-3-2-10-26-16/h2-5,10-11H,6-9,12,19H2,1H3,(H,20,23). The fraction of sp³-hybridized carbons (Fsp3) is 0.333. The Morgan fingerprint density at radius 3 is 2.65 bits per heavy atom. The molecule has 0 atom stereocenters. The van der Waals surface area contributed by atoms with Gasteiger partial charge in [0.25, 0.3) is 5.91 Å². The van der Waals surface area contributed by atoms with Crippen LogP contribution in [0.2, 0.25) is 0 Å². The summed E-state index contributed by atoms with van der Waals surface area (Å²) in [5.41, 5.74) is 6.86. The first-order valence-electron chi connectivity index (χ1n) is 8.35. The third kappa shape index (κ3) is 4.15. The number of nitrogens with two attached hydrogens (primary N) is 1. The lowest BCUT2D eigenvalue weighted by Crippen LogP contribution is -2.50. The van der Waals surface area contributed by atoms with Crippen molar-refractivity contribution in [1.29, 1.82) is 0 Å². The number of furan rings is 1. The van der Waals surface area contributed by atoms with Crippen molar-refractivity contribution in [2.75, 3.05) is 50.9 Å². The van der Waals surface area contributed by atoms with E-state index in [4.69, 9.17) is 14.9 Å². The van der Waals surface area contributed by atoms with Gasteiger partial charge in [-0.1, -0.05) is 0 Å². The summed E-state index contributed by atoms with van der Waals surface area (Å²) >= 11 is 0. The Morgan fingerprint density at radius 2 is 2.00 bits per heavy atom. The van der Waals surface area contributed by atoms with E-state index in [1.807, 2.05) is 4.90 Å². The highest BCUT2D eigenvalue weighted by atomic mass is 16.5. The number of carbonyl (C=O) groups is 2. The zero-order chi connectivity index (χ0) is 18.5. The summed E-state index contributed by atoms with van der Waals surface area (Å²) in [6, 6.07) is 8.43. The molecule has 0 aliphatic carbocycles. The first-order valence-corrected chi connectivity index (χ1v) is 8.35. The van der Waals surface area contributed by atoms with Crippen molar-refractivity contribution < 1.29 is 18.7 Å². The van der Waals surface area contributed by atoms with Gasteiger partial charge in [0.1, 0.15) is 5.75 Å². The SMILES string of the molecule is COc1ccc(N)cc1NC(=O)CN1CCN(C(=O)c2ccco2)CC1. The van der Waals surface area contributed by atoms with Gasteiger partial charge < -0.3 is 25.1 Å². The molecule has 1 aliphatic heterocycles. The first kappa shape index (κ1) is 17.8. The van der Waals surface area contributed by atoms with Gasteiger partial charge in [-0.3, -0.25) is 14.5 Å². The maximum Gasteiger partial charge on any atom is 0.289 e. The summed E-state index contributed by atoms with van der Waals surface area (Å²) in [6.45, 7) is 2.57. The lowest BCUT2D eigenvalue weighted by Gasteiger charge is -2.33. The average Bonchev–Trinajstić information content (AvgIpc) is 3.16. The third-order valence-corrected chi connectivity index (χ3v) is 4.26. The molecule has 3 rings (SSSR count). The van der Waals surface area contributed by atoms with Crippen LogP contribution in [0.4, 0.5) is 11.4 Å². The van der Waals surface area contributed by atoms with Crippen LogP contribution in [0.25, 0.3) is 0 Å². The molecular weight excluding hydrogens is 336 g/mol. The van der Waals surface area contributed by atoms with Crippen LogP contribution in [0.1, 0.15) is 10.6 Å². The van der Waals surface area contributed by atoms with E-state index >= 15 is 0 Å². The van der Waals surface area contributed by atoms with Crippen LogP contribution in [0.15, 0.2) is 41.0 Å². The number of carbonyl (C=O) groups excluding carboxylic acids is 2. The van der Waals surface area contributed by atoms with E-state index in [2.05, 4.69) is 5.32 Å². The van der Waals surface area contributed by atoms with Crippen LogP contribution in [-0.4, -0.2) is 61.4 Å². The summed E-state index contributed by atoms with van der Waals surface area (Å²) in [6.07, 6.45) is 1.48. The quantitative estimate of drug-likeness (QED) is 0.781. The maximum atomic E-state index is 12.3. The topological polar surface area (TPSA) is 101 Å². The van der Waals surface area contributed by atoms with Crippen LogP contribution < -0.4 is 15.8 Å². The van der Waals surface area contributed by atoms with Gasteiger partial charge in [-0.05, 0) is 30.3 Å². The van der Waals surface area contributed by atoms with E-state index in [9.17, 15) is 9.59 Å². The molecule has 0 bridgehead atoms. The number of hydrogen-bond acceptors (Lipinski definition) is 6. The van der Waals surface area contributed by atoms with Gasteiger partial charge in [0, 0.05) is 31.9 Å². The van der Waals surface area contributed by atoms with E-state index in [-0.39, 0.29) is 18.4 Å². The van der Waals surface area contributed by atoms with Crippen molar-refractivity contribution in [2.45, 2.75) is 0 Å². The molecule has 1 aliphatic rings. The predicted octanol–water partition coefficient (Wildman–Crippen LogP) is 1.27. The number of amides is 2. The Bertz CT molecular complexity index is 768. The zero-order valence-corrected chi connectivity index (χ0v) is 14.6. The van der Waals surface area contributed by atoms with E-state index in [1.54, 1.807) is 35.2 Å². The summed E-state index contributed by atoms with van der Waals surface area (Å²) in [5, 5.41) is 2.82. The average molecular weight is 358 g/mol. The Kier molecular flexibility index (Phi) is 5.43. The lowest BCUT2D eigenvalue weighted by atomic mass is 10.2. The van der Waals surface area contributed by atoms with Crippen LogP contribution in [0.5, 0.6) is 5.75 Å². The van der Waals surface area contributed by atoms with Gasteiger partial charge in [0.2, 0.25) is 5.91 Å². The second kappa shape index (κ2) is 7.92. The molecule has 0 radical (unpaired) electrons. The Labute approximate surface area is 151 Å². The fourth-order valence-electron chi connectivity index (χ4n) is 2.88. The van der Waals surface area contributed by atoms with Gasteiger partial charge >= 0.3 is 0 Å². The molecule has 1 saturated heterocycles. The second-order valence-electron chi connectivity index (χ2n) is 6.05. The molecule has 2 amide bonds. The van der Waals surface area contributed by atoms with Gasteiger partial charge in [0.15, 0.2) is 5.76 Å². The molecule has 8 nitrogen and oxygen atoms in total. The van der Waals surface area contributed by atoms with Crippen LogP contribution in [0, 0.1) is 0 Å². The minimum absolute atomic E-state index is 0.122. The van der Waals surface area contributed by atoms with Crippen LogP contribution in [-0.2, 0) is 4.79 Å². The number of benzene rings is 1. The highest BCUT2D eigenvalue weighted by Crippen LogP contribution is 2.26. The summed E-state index contributed by atoms with van der Waals surface area (Å²) < 4.78 is 10.4. The minimum Gasteiger partial charge on any atom is -0.495 e. The molecule has 0 unspecified atom stereocenters. The number of nitrogens with one attached hydrogen (secondary N) is 1. The Hall–Kier alpha value is -3.00. The van der Waals surface area contributed by atoms with Crippen LogP contribution in [0.3, 0.4) is 0 Å². The van der Waals surface area contributed by atoms with Crippen molar-refractivity contribution in [3.8, 4) is 5.75 Å². The monoisotopic (exact) mass is 358 g/mol. The molecule has 8 heteroatoms. The highest BCUT2D eigenvalue weighted by Gasteiger charge is 2.24. The number of anilines is 2. The number of rotatable bonds is 5. The largest absolute Gasteiger partial charge is 0.495 e. The van der Waals surface area contributed by atoms with E-state index < -0.39 is 0 Å². The molecule has 1 aromatic carbocycles. The fourth-order valence-corrected chi connectivity index (χ4v) is 2.88. The molecule has 0 saturated carbocycles. The van der Waals surface area contributed by atoms with Gasteiger partial charge in [-0.25, -0.2) is 0 Å². The van der Waals surface area contributed by atoms with Crippen molar-refractivity contribution in [3.05, 3.63) is 42.4 Å². The molecule has 0 spiro atoms. The Balaban J connectivity index is 1.51. The van der Waals surface area contributed by atoms with Crippen molar-refractivity contribution in [2.24, 2.45) is 0 Å². The minimum atomic E-state index is -0.153.